The lowest BCUT2D eigenvalue weighted by molar-refractivity contribution is 0.590. The normalized spacial score (nSPS) is 11.8. The van der Waals surface area contributed by atoms with Gasteiger partial charge < -0.3 is 0 Å². The van der Waals surface area contributed by atoms with Crippen LogP contribution in [0.2, 0.25) is 0 Å². The van der Waals surface area contributed by atoms with Gasteiger partial charge >= 0.3 is 0 Å². The maximum absolute atomic E-state index is 4.42. The number of rotatable bonds is 1. The quantitative estimate of drug-likeness (QED) is 0.586. The summed E-state index contributed by atoms with van der Waals surface area (Å²) in [6, 6.07) is 19.3. The largest absolute Gasteiger partial charge is 0.256 e. The predicted molar refractivity (Wildman–Crippen MR) is 85.9 cm³/mol. The van der Waals surface area contributed by atoms with Crippen molar-refractivity contribution in [3.05, 3.63) is 66.4 Å². The lowest BCUT2D eigenvalue weighted by Crippen LogP contribution is -2.10. The Balaban J connectivity index is 2.12. The fourth-order valence-corrected chi connectivity index (χ4v) is 2.50. The third-order valence-corrected chi connectivity index (χ3v) is 3.71. The number of para-hydroxylation sites is 1. The van der Waals surface area contributed by atoms with Gasteiger partial charge in [-0.25, -0.2) is 0 Å². The van der Waals surface area contributed by atoms with E-state index in [4.69, 9.17) is 0 Å². The molecule has 0 spiro atoms. The molecule has 1 aromatic heterocycles. The first-order valence-electron chi connectivity index (χ1n) is 7.00. The maximum atomic E-state index is 4.42. The number of nitrogens with zero attached hydrogens (tertiary/aromatic N) is 1. The molecule has 1 heterocycles. The molecule has 0 amide bonds. The molecule has 0 atom stereocenters. The van der Waals surface area contributed by atoms with Crippen molar-refractivity contribution in [2.75, 3.05) is 0 Å². The highest BCUT2D eigenvalue weighted by molar-refractivity contribution is 5.94. The molecular weight excluding hydrogens is 242 g/mol. The lowest BCUT2D eigenvalue weighted by Gasteiger charge is -2.19. The minimum absolute atomic E-state index is 0.193. The second-order valence-electron chi connectivity index (χ2n) is 6.20. The zero-order chi connectivity index (χ0) is 14.2. The topological polar surface area (TPSA) is 12.9 Å². The molecule has 0 saturated carbocycles. The Bertz CT molecular complexity index is 728. The molecule has 20 heavy (non-hydrogen) atoms. The van der Waals surface area contributed by atoms with Crippen molar-refractivity contribution in [1.29, 1.82) is 0 Å². The molecule has 2 aromatic carbocycles. The maximum Gasteiger partial charge on any atom is 0.0708 e. The number of hydrogen-bond donors (Lipinski definition) is 0. The van der Waals surface area contributed by atoms with Crippen LogP contribution in [-0.2, 0) is 5.41 Å². The zero-order valence-corrected chi connectivity index (χ0v) is 12.2. The van der Waals surface area contributed by atoms with Gasteiger partial charge in [0, 0.05) is 11.6 Å². The summed E-state index contributed by atoms with van der Waals surface area (Å²) in [5, 5.41) is 1.21. The summed E-state index contributed by atoms with van der Waals surface area (Å²) in [6.45, 7) is 6.72. The highest BCUT2D eigenvalue weighted by atomic mass is 14.6. The first-order chi connectivity index (χ1) is 9.55. The van der Waals surface area contributed by atoms with Gasteiger partial charge in [0.25, 0.3) is 0 Å². The molecule has 0 aliphatic carbocycles. The Kier molecular flexibility index (Phi) is 3.06. The molecular formula is C19H19N. The average molecular weight is 261 g/mol. The van der Waals surface area contributed by atoms with Gasteiger partial charge in [0.1, 0.15) is 0 Å². The SMILES string of the molecule is CC(C)(C)c1ccc(-c2ccnc3ccccc23)cc1. The van der Waals surface area contributed by atoms with Crippen molar-refractivity contribution in [2.24, 2.45) is 0 Å². The third kappa shape index (κ3) is 2.32. The Morgan fingerprint density at radius 2 is 1.50 bits per heavy atom. The molecule has 0 bridgehead atoms. The van der Waals surface area contributed by atoms with Crippen molar-refractivity contribution in [1.82, 2.24) is 4.98 Å². The number of benzene rings is 2. The van der Waals surface area contributed by atoms with Crippen molar-refractivity contribution >= 4 is 10.9 Å². The molecule has 0 radical (unpaired) electrons. The first kappa shape index (κ1) is 12.9. The molecule has 100 valence electrons. The van der Waals surface area contributed by atoms with Crippen LogP contribution in [0.3, 0.4) is 0 Å². The van der Waals surface area contributed by atoms with Crippen LogP contribution in [0.25, 0.3) is 22.0 Å². The summed E-state index contributed by atoms with van der Waals surface area (Å²) in [7, 11) is 0. The van der Waals surface area contributed by atoms with Crippen LogP contribution < -0.4 is 0 Å². The standard InChI is InChI=1S/C19H19N/c1-19(2,3)15-10-8-14(9-11-15)16-12-13-20-18-7-5-4-6-17(16)18/h4-13H,1-3H3. The van der Waals surface area contributed by atoms with E-state index in [0.29, 0.717) is 0 Å². The van der Waals surface area contributed by atoms with Crippen LogP contribution in [-0.4, -0.2) is 4.98 Å². The van der Waals surface area contributed by atoms with Gasteiger partial charge in [-0.3, -0.25) is 4.98 Å². The average Bonchev–Trinajstić information content (AvgIpc) is 2.46. The minimum atomic E-state index is 0.193. The molecule has 0 saturated heterocycles. The number of pyridine rings is 1. The van der Waals surface area contributed by atoms with E-state index in [-0.39, 0.29) is 5.41 Å². The molecule has 0 aliphatic rings. The Labute approximate surface area is 120 Å². The van der Waals surface area contributed by atoms with E-state index in [0.717, 1.165) is 5.52 Å². The predicted octanol–water partition coefficient (Wildman–Crippen LogP) is 5.20. The van der Waals surface area contributed by atoms with Gasteiger partial charge in [-0.2, -0.15) is 0 Å². The van der Waals surface area contributed by atoms with E-state index in [9.17, 15) is 0 Å². The van der Waals surface area contributed by atoms with E-state index in [1.807, 2.05) is 12.3 Å². The Morgan fingerprint density at radius 3 is 2.20 bits per heavy atom. The monoisotopic (exact) mass is 261 g/mol. The van der Waals surface area contributed by atoms with Crippen LogP contribution in [0, 0.1) is 0 Å². The van der Waals surface area contributed by atoms with E-state index in [2.05, 4.69) is 74.3 Å². The third-order valence-electron chi connectivity index (χ3n) is 3.71. The van der Waals surface area contributed by atoms with Gasteiger partial charge in [0.05, 0.1) is 5.52 Å². The highest BCUT2D eigenvalue weighted by Crippen LogP contribution is 2.29. The van der Waals surface area contributed by atoms with E-state index >= 15 is 0 Å². The molecule has 0 fully saturated rings. The number of fused-ring (bicyclic) bond motifs is 1. The van der Waals surface area contributed by atoms with Crippen molar-refractivity contribution in [3.63, 3.8) is 0 Å². The van der Waals surface area contributed by atoms with Gasteiger partial charge in [-0.1, -0.05) is 63.2 Å². The van der Waals surface area contributed by atoms with Gasteiger partial charge in [0.15, 0.2) is 0 Å². The van der Waals surface area contributed by atoms with E-state index in [1.165, 1.54) is 22.1 Å². The van der Waals surface area contributed by atoms with Crippen LogP contribution in [0.4, 0.5) is 0 Å². The summed E-state index contributed by atoms with van der Waals surface area (Å²) in [5.74, 6) is 0. The second kappa shape index (κ2) is 4.75. The van der Waals surface area contributed by atoms with Gasteiger partial charge in [0.2, 0.25) is 0 Å². The summed E-state index contributed by atoms with van der Waals surface area (Å²) in [6.07, 6.45) is 1.88. The molecule has 3 rings (SSSR count). The molecule has 0 unspecified atom stereocenters. The molecule has 1 nitrogen and oxygen atoms in total. The summed E-state index contributed by atoms with van der Waals surface area (Å²) < 4.78 is 0. The van der Waals surface area contributed by atoms with E-state index in [1.54, 1.807) is 0 Å². The molecule has 3 aromatic rings. The van der Waals surface area contributed by atoms with Crippen LogP contribution >= 0.6 is 0 Å². The van der Waals surface area contributed by atoms with Gasteiger partial charge in [-0.15, -0.1) is 0 Å². The van der Waals surface area contributed by atoms with Crippen molar-refractivity contribution in [3.8, 4) is 11.1 Å². The van der Waals surface area contributed by atoms with E-state index < -0.39 is 0 Å². The van der Waals surface area contributed by atoms with Crippen molar-refractivity contribution < 1.29 is 0 Å². The number of hydrogen-bond acceptors (Lipinski definition) is 1. The minimum Gasteiger partial charge on any atom is -0.256 e. The fourth-order valence-electron chi connectivity index (χ4n) is 2.50. The van der Waals surface area contributed by atoms with Crippen LogP contribution in [0.15, 0.2) is 60.8 Å². The second-order valence-corrected chi connectivity index (χ2v) is 6.20. The summed E-state index contributed by atoms with van der Waals surface area (Å²) in [4.78, 5) is 4.42. The molecule has 0 N–H and O–H groups in total. The first-order valence-corrected chi connectivity index (χ1v) is 7.00. The fraction of sp³-hybridized carbons (Fsp3) is 0.211. The van der Waals surface area contributed by atoms with Crippen molar-refractivity contribution in [2.45, 2.75) is 26.2 Å². The smallest absolute Gasteiger partial charge is 0.0708 e. The Morgan fingerprint density at radius 1 is 0.800 bits per heavy atom. The highest BCUT2D eigenvalue weighted by Gasteiger charge is 2.13. The summed E-state index contributed by atoms with van der Waals surface area (Å²) in [5.41, 5.74) is 5.09. The number of aromatic nitrogens is 1. The summed E-state index contributed by atoms with van der Waals surface area (Å²) >= 11 is 0. The Hall–Kier alpha value is -2.15. The lowest BCUT2D eigenvalue weighted by atomic mass is 9.86. The molecule has 1 heteroatoms. The molecule has 0 aliphatic heterocycles. The van der Waals surface area contributed by atoms with Crippen LogP contribution in [0.5, 0.6) is 0 Å². The van der Waals surface area contributed by atoms with Crippen LogP contribution in [0.1, 0.15) is 26.3 Å². The zero-order valence-electron chi connectivity index (χ0n) is 12.2. The van der Waals surface area contributed by atoms with Gasteiger partial charge in [-0.05, 0) is 34.2 Å².